The second kappa shape index (κ2) is 5.55. The third-order valence-corrected chi connectivity index (χ3v) is 6.50. The van der Waals surface area contributed by atoms with Gasteiger partial charge in [-0.05, 0) is 6.92 Å². The Bertz CT molecular complexity index is 685. The molecule has 1 amide bonds. The molecule has 1 aliphatic heterocycles. The molecule has 1 atom stereocenters. The average Bonchev–Trinajstić information content (AvgIpc) is 2.86. The Kier molecular flexibility index (Phi) is 4.13. The number of nitro groups is 1. The van der Waals surface area contributed by atoms with Crippen LogP contribution in [0, 0.1) is 10.1 Å². The zero-order valence-corrected chi connectivity index (χ0v) is 12.5. The zero-order valence-electron chi connectivity index (χ0n) is 10.9. The predicted octanol–water partition coefficient (Wildman–Crippen LogP) is -0.549. The number of sulfonamides is 1. The number of carbonyl (C=O) groups excluding carboxylic acids is 1. The lowest BCUT2D eigenvalue weighted by Crippen LogP contribution is -2.55. The molecule has 4 N–H and O–H groups in total. The lowest BCUT2D eigenvalue weighted by atomic mass is 10.2. The van der Waals surface area contributed by atoms with E-state index in [-0.39, 0.29) is 22.3 Å². The summed E-state index contributed by atoms with van der Waals surface area (Å²) in [6.07, 6.45) is 0. The summed E-state index contributed by atoms with van der Waals surface area (Å²) in [5.74, 6) is 4.75. The highest BCUT2D eigenvalue weighted by Crippen LogP contribution is 2.38. The van der Waals surface area contributed by atoms with Gasteiger partial charge in [0.15, 0.2) is 5.00 Å². The Morgan fingerprint density at radius 3 is 2.81 bits per heavy atom. The minimum absolute atomic E-state index is 0.0623. The highest BCUT2D eigenvalue weighted by Gasteiger charge is 2.38. The molecule has 1 saturated heterocycles. The fourth-order valence-corrected chi connectivity index (χ4v) is 4.89. The van der Waals surface area contributed by atoms with Gasteiger partial charge in [0.05, 0.1) is 4.92 Å². The maximum atomic E-state index is 12.5. The third kappa shape index (κ3) is 2.70. The summed E-state index contributed by atoms with van der Waals surface area (Å²) in [5.41, 5.74) is 1.69. The van der Waals surface area contributed by atoms with E-state index in [2.05, 4.69) is 10.7 Å². The number of nitrogens with one attached hydrogen (secondary N) is 2. The van der Waals surface area contributed by atoms with Crippen molar-refractivity contribution in [2.24, 2.45) is 5.84 Å². The lowest BCUT2D eigenvalue weighted by molar-refractivity contribution is -0.383. The average molecular weight is 335 g/mol. The number of nitrogens with zero attached hydrogens (tertiary/aromatic N) is 2. The molecule has 1 aromatic rings. The largest absolute Gasteiger partial charge is 0.353 e. The van der Waals surface area contributed by atoms with E-state index in [0.717, 1.165) is 10.4 Å². The van der Waals surface area contributed by atoms with Gasteiger partial charge in [0.25, 0.3) is 10.0 Å². The standard InChI is InChI=1S/C9H13N5O5S2/c1-5-8(15)11-2-3-13(5)21(18,19)7-4-6(14(16)17)9(12-10)20-7/h4-5,12H,2-3,10H2,1H3,(H,11,15). The highest BCUT2D eigenvalue weighted by atomic mass is 32.2. The van der Waals surface area contributed by atoms with Crippen LogP contribution in [-0.4, -0.2) is 42.7 Å². The van der Waals surface area contributed by atoms with Crippen molar-refractivity contribution in [3.8, 4) is 0 Å². The van der Waals surface area contributed by atoms with Crippen molar-refractivity contribution in [3.63, 3.8) is 0 Å². The number of anilines is 1. The first kappa shape index (κ1) is 15.6. The molecule has 1 unspecified atom stereocenters. The highest BCUT2D eigenvalue weighted by molar-refractivity contribution is 7.91. The van der Waals surface area contributed by atoms with Gasteiger partial charge in [0, 0.05) is 19.2 Å². The number of piperazine rings is 1. The monoisotopic (exact) mass is 335 g/mol. The molecule has 12 heteroatoms. The van der Waals surface area contributed by atoms with E-state index in [4.69, 9.17) is 5.84 Å². The summed E-state index contributed by atoms with van der Waals surface area (Å²) in [6.45, 7) is 1.75. The molecule has 1 aliphatic rings. The number of nitrogens with two attached hydrogens (primary N) is 1. The number of hydrazine groups is 1. The summed E-state index contributed by atoms with van der Waals surface area (Å²) in [4.78, 5) is 21.7. The molecule has 0 aliphatic carbocycles. The number of carbonyl (C=O) groups is 1. The van der Waals surface area contributed by atoms with Crippen LogP contribution < -0.4 is 16.6 Å². The minimum Gasteiger partial charge on any atom is -0.353 e. The van der Waals surface area contributed by atoms with Crippen LogP contribution in [0.5, 0.6) is 0 Å². The number of amides is 1. The molecular formula is C9H13N5O5S2. The van der Waals surface area contributed by atoms with E-state index >= 15 is 0 Å². The summed E-state index contributed by atoms with van der Waals surface area (Å²) < 4.78 is 25.8. The molecule has 10 nitrogen and oxygen atoms in total. The van der Waals surface area contributed by atoms with E-state index < -0.39 is 32.6 Å². The summed E-state index contributed by atoms with van der Waals surface area (Å²) in [7, 11) is -4.00. The molecule has 2 heterocycles. The van der Waals surface area contributed by atoms with Gasteiger partial charge in [-0.1, -0.05) is 11.3 Å². The van der Waals surface area contributed by atoms with Gasteiger partial charge >= 0.3 is 5.69 Å². The minimum atomic E-state index is -4.00. The third-order valence-electron chi connectivity index (χ3n) is 3.02. The van der Waals surface area contributed by atoms with Crippen molar-refractivity contribution < 1.29 is 18.1 Å². The quantitative estimate of drug-likeness (QED) is 0.380. The van der Waals surface area contributed by atoms with Crippen LogP contribution in [0.4, 0.5) is 10.7 Å². The van der Waals surface area contributed by atoms with E-state index in [1.807, 2.05) is 0 Å². The molecule has 21 heavy (non-hydrogen) atoms. The molecule has 0 spiro atoms. The van der Waals surface area contributed by atoms with Crippen LogP contribution in [0.3, 0.4) is 0 Å². The van der Waals surface area contributed by atoms with Crippen LogP contribution in [0.2, 0.25) is 0 Å². The number of hydrogen-bond donors (Lipinski definition) is 3. The predicted molar refractivity (Wildman–Crippen MR) is 75.1 cm³/mol. The Labute approximate surface area is 124 Å². The SMILES string of the molecule is CC1C(=O)NCCN1S(=O)(=O)c1cc([N+](=O)[O-])c(NN)s1. The van der Waals surface area contributed by atoms with Crippen molar-refractivity contribution in [1.82, 2.24) is 9.62 Å². The molecule has 0 bridgehead atoms. The van der Waals surface area contributed by atoms with E-state index in [1.54, 1.807) is 0 Å². The Morgan fingerprint density at radius 1 is 1.62 bits per heavy atom. The van der Waals surface area contributed by atoms with Crippen molar-refractivity contribution in [2.45, 2.75) is 17.2 Å². The molecule has 1 fully saturated rings. The smallest absolute Gasteiger partial charge is 0.306 e. The zero-order chi connectivity index (χ0) is 15.8. The maximum Gasteiger partial charge on any atom is 0.306 e. The first-order valence-corrected chi connectivity index (χ1v) is 8.09. The molecular weight excluding hydrogens is 322 g/mol. The van der Waals surface area contributed by atoms with Crippen molar-refractivity contribution in [2.75, 3.05) is 18.5 Å². The first-order chi connectivity index (χ1) is 9.78. The van der Waals surface area contributed by atoms with E-state index in [1.165, 1.54) is 6.92 Å². The second-order valence-corrected chi connectivity index (χ2v) is 7.43. The molecule has 116 valence electrons. The Balaban J connectivity index is 2.44. The molecule has 0 saturated carbocycles. The van der Waals surface area contributed by atoms with Crippen LogP contribution in [-0.2, 0) is 14.8 Å². The Hall–Kier alpha value is -1.76. The van der Waals surface area contributed by atoms with Gasteiger partial charge in [-0.3, -0.25) is 14.9 Å². The van der Waals surface area contributed by atoms with Gasteiger partial charge in [0.1, 0.15) is 10.3 Å². The normalized spacial score (nSPS) is 20.1. The number of rotatable bonds is 4. The van der Waals surface area contributed by atoms with Crippen LogP contribution in [0.25, 0.3) is 0 Å². The van der Waals surface area contributed by atoms with Gasteiger partial charge in [-0.25, -0.2) is 14.3 Å². The number of hydrogen-bond acceptors (Lipinski definition) is 8. The molecule has 0 radical (unpaired) electrons. The fraction of sp³-hybridized carbons (Fsp3) is 0.444. The van der Waals surface area contributed by atoms with Crippen LogP contribution >= 0.6 is 11.3 Å². The molecule has 2 rings (SSSR count). The van der Waals surface area contributed by atoms with Crippen LogP contribution in [0.15, 0.2) is 10.3 Å². The number of thiophene rings is 1. The lowest BCUT2D eigenvalue weighted by Gasteiger charge is -2.31. The molecule has 1 aromatic heterocycles. The van der Waals surface area contributed by atoms with E-state index in [9.17, 15) is 23.3 Å². The first-order valence-electron chi connectivity index (χ1n) is 5.83. The summed E-state index contributed by atoms with van der Waals surface area (Å²) in [6, 6.07) is 0.0632. The maximum absolute atomic E-state index is 12.5. The van der Waals surface area contributed by atoms with Gasteiger partial charge < -0.3 is 10.7 Å². The topological polar surface area (TPSA) is 148 Å². The van der Waals surface area contributed by atoms with Gasteiger partial charge in [-0.15, -0.1) is 0 Å². The second-order valence-electron chi connectivity index (χ2n) is 4.26. The molecule has 0 aromatic carbocycles. The Morgan fingerprint density at radius 2 is 2.29 bits per heavy atom. The van der Waals surface area contributed by atoms with Gasteiger partial charge in [-0.2, -0.15) is 4.31 Å². The summed E-state index contributed by atoms with van der Waals surface area (Å²) >= 11 is 0.653. The van der Waals surface area contributed by atoms with Crippen molar-refractivity contribution in [1.29, 1.82) is 0 Å². The van der Waals surface area contributed by atoms with E-state index in [0.29, 0.717) is 11.3 Å². The van der Waals surface area contributed by atoms with Gasteiger partial charge in [0.2, 0.25) is 5.91 Å². The van der Waals surface area contributed by atoms with Crippen molar-refractivity contribution in [3.05, 3.63) is 16.2 Å². The van der Waals surface area contributed by atoms with Crippen LogP contribution in [0.1, 0.15) is 6.92 Å². The fourth-order valence-electron chi connectivity index (χ4n) is 1.93. The van der Waals surface area contributed by atoms with Crippen molar-refractivity contribution >= 4 is 38.0 Å². The number of nitrogen functional groups attached to an aromatic ring is 1. The summed E-state index contributed by atoms with van der Waals surface area (Å²) in [5, 5.41) is 13.3.